The molecule has 2 rings (SSSR count). The molecule has 0 spiro atoms. The molecule has 1 atom stereocenters. The highest BCUT2D eigenvalue weighted by Gasteiger charge is 2.22. The average Bonchev–Trinajstić information content (AvgIpc) is 2.71. The molecule has 0 aromatic heterocycles. The lowest BCUT2D eigenvalue weighted by Gasteiger charge is -2.18. The largest absolute Gasteiger partial charge is 0.508 e. The summed E-state index contributed by atoms with van der Waals surface area (Å²) in [6, 6.07) is 7.43. The number of hydrogen-bond donors (Lipinski definition) is 2. The van der Waals surface area contributed by atoms with E-state index >= 15 is 0 Å². The Labute approximate surface area is 84.7 Å². The molecule has 3 N–H and O–H groups in total. The fourth-order valence-electron chi connectivity index (χ4n) is 2.29. The van der Waals surface area contributed by atoms with E-state index in [1.54, 1.807) is 12.1 Å². The van der Waals surface area contributed by atoms with Crippen LogP contribution in [0.2, 0.25) is 0 Å². The van der Waals surface area contributed by atoms with Crippen LogP contribution < -0.4 is 5.73 Å². The molecule has 2 heteroatoms. The zero-order valence-corrected chi connectivity index (χ0v) is 8.32. The normalized spacial score (nSPS) is 19.8. The van der Waals surface area contributed by atoms with Crippen molar-refractivity contribution in [2.24, 2.45) is 11.7 Å². The van der Waals surface area contributed by atoms with Crippen molar-refractivity contribution in [3.05, 3.63) is 29.8 Å². The van der Waals surface area contributed by atoms with Crippen LogP contribution in [0.25, 0.3) is 0 Å². The molecule has 14 heavy (non-hydrogen) atoms. The number of benzene rings is 1. The van der Waals surface area contributed by atoms with Crippen molar-refractivity contribution in [1.29, 1.82) is 0 Å². The van der Waals surface area contributed by atoms with Gasteiger partial charge in [-0.2, -0.15) is 0 Å². The van der Waals surface area contributed by atoms with Crippen LogP contribution in [0.1, 0.15) is 37.3 Å². The third-order valence-electron chi connectivity index (χ3n) is 3.19. The molecule has 0 radical (unpaired) electrons. The van der Waals surface area contributed by atoms with Crippen molar-refractivity contribution in [2.75, 3.05) is 0 Å². The van der Waals surface area contributed by atoms with Crippen molar-refractivity contribution >= 4 is 0 Å². The summed E-state index contributed by atoms with van der Waals surface area (Å²) in [5.41, 5.74) is 7.32. The van der Waals surface area contributed by atoms with Crippen LogP contribution in [0.5, 0.6) is 5.75 Å². The molecular weight excluding hydrogens is 174 g/mol. The zero-order valence-electron chi connectivity index (χ0n) is 8.32. The lowest BCUT2D eigenvalue weighted by atomic mass is 9.92. The summed E-state index contributed by atoms with van der Waals surface area (Å²) in [5.74, 6) is 0.951. The Morgan fingerprint density at radius 1 is 1.14 bits per heavy atom. The van der Waals surface area contributed by atoms with Crippen molar-refractivity contribution in [3.8, 4) is 5.75 Å². The molecule has 1 saturated carbocycles. The Balaban J connectivity index is 2.09. The second kappa shape index (κ2) is 4.01. The third-order valence-corrected chi connectivity index (χ3v) is 3.19. The molecule has 1 aliphatic carbocycles. The van der Waals surface area contributed by atoms with Gasteiger partial charge in [0.25, 0.3) is 0 Å². The predicted molar refractivity (Wildman–Crippen MR) is 57.0 cm³/mol. The number of phenolic OH excluding ortho intramolecular Hbond substituents is 1. The highest BCUT2D eigenvalue weighted by Crippen LogP contribution is 2.34. The first-order chi connectivity index (χ1) is 6.77. The summed E-state index contributed by atoms with van der Waals surface area (Å²) in [6.07, 6.45) is 5.14. The van der Waals surface area contributed by atoms with Gasteiger partial charge in [-0.05, 0) is 36.5 Å². The van der Waals surface area contributed by atoms with E-state index in [1.165, 1.54) is 25.7 Å². The van der Waals surface area contributed by atoms with Crippen molar-refractivity contribution in [2.45, 2.75) is 31.7 Å². The zero-order chi connectivity index (χ0) is 9.97. The van der Waals surface area contributed by atoms with Gasteiger partial charge < -0.3 is 10.8 Å². The monoisotopic (exact) mass is 191 g/mol. The average molecular weight is 191 g/mol. The maximum absolute atomic E-state index is 9.16. The van der Waals surface area contributed by atoms with Crippen molar-refractivity contribution < 1.29 is 5.11 Å². The standard InChI is InChI=1S/C12H17NO/c13-12(9-3-1-2-4-9)10-5-7-11(14)8-6-10/h5-9,12,14H,1-4,13H2/t12-/m1/s1. The molecule has 0 saturated heterocycles. The van der Waals surface area contributed by atoms with E-state index in [4.69, 9.17) is 10.8 Å². The van der Waals surface area contributed by atoms with E-state index in [2.05, 4.69) is 0 Å². The van der Waals surface area contributed by atoms with Gasteiger partial charge in [0.15, 0.2) is 0 Å². The van der Waals surface area contributed by atoms with E-state index in [1.807, 2.05) is 12.1 Å². The molecule has 0 bridgehead atoms. The number of hydrogen-bond acceptors (Lipinski definition) is 2. The summed E-state index contributed by atoms with van der Waals surface area (Å²) in [4.78, 5) is 0. The highest BCUT2D eigenvalue weighted by atomic mass is 16.3. The minimum atomic E-state index is 0.151. The van der Waals surface area contributed by atoms with Gasteiger partial charge in [0, 0.05) is 6.04 Å². The SMILES string of the molecule is N[C@@H](c1ccc(O)cc1)C1CCCC1. The van der Waals surface area contributed by atoms with Gasteiger partial charge >= 0.3 is 0 Å². The molecule has 1 aliphatic rings. The molecule has 2 nitrogen and oxygen atoms in total. The van der Waals surface area contributed by atoms with Crippen LogP contribution in [0, 0.1) is 5.92 Å². The Morgan fingerprint density at radius 3 is 2.29 bits per heavy atom. The Bertz CT molecular complexity index is 288. The summed E-state index contributed by atoms with van der Waals surface area (Å²) in [5, 5.41) is 9.16. The van der Waals surface area contributed by atoms with E-state index in [-0.39, 0.29) is 6.04 Å². The predicted octanol–water partition coefficient (Wildman–Crippen LogP) is 2.58. The fourth-order valence-corrected chi connectivity index (χ4v) is 2.29. The Hall–Kier alpha value is -1.02. The van der Waals surface area contributed by atoms with Crippen LogP contribution in [-0.4, -0.2) is 5.11 Å². The Kier molecular flexibility index (Phi) is 2.73. The lowest BCUT2D eigenvalue weighted by Crippen LogP contribution is -2.18. The van der Waals surface area contributed by atoms with Gasteiger partial charge in [0.2, 0.25) is 0 Å². The molecule has 1 fully saturated rings. The number of rotatable bonds is 2. The van der Waals surface area contributed by atoms with Crippen LogP contribution in [0.4, 0.5) is 0 Å². The molecule has 0 heterocycles. The molecule has 0 unspecified atom stereocenters. The van der Waals surface area contributed by atoms with E-state index in [9.17, 15) is 0 Å². The number of aromatic hydroxyl groups is 1. The molecule has 1 aromatic rings. The van der Waals surface area contributed by atoms with Gasteiger partial charge in [-0.3, -0.25) is 0 Å². The van der Waals surface area contributed by atoms with E-state index < -0.39 is 0 Å². The second-order valence-corrected chi connectivity index (χ2v) is 4.16. The minimum absolute atomic E-state index is 0.151. The van der Waals surface area contributed by atoms with Crippen molar-refractivity contribution in [3.63, 3.8) is 0 Å². The molecule has 0 amide bonds. The van der Waals surface area contributed by atoms with Gasteiger partial charge in [-0.25, -0.2) is 0 Å². The fraction of sp³-hybridized carbons (Fsp3) is 0.500. The number of nitrogens with two attached hydrogens (primary N) is 1. The quantitative estimate of drug-likeness (QED) is 0.754. The third kappa shape index (κ3) is 1.90. The summed E-state index contributed by atoms with van der Waals surface area (Å²) in [7, 11) is 0. The minimum Gasteiger partial charge on any atom is -0.508 e. The maximum Gasteiger partial charge on any atom is 0.115 e. The first kappa shape index (κ1) is 9.53. The summed E-state index contributed by atoms with van der Waals surface area (Å²) in [6.45, 7) is 0. The van der Waals surface area contributed by atoms with E-state index in [0.29, 0.717) is 11.7 Å². The lowest BCUT2D eigenvalue weighted by molar-refractivity contribution is 0.442. The molecular formula is C12H17NO. The Morgan fingerprint density at radius 2 is 1.71 bits per heavy atom. The van der Waals surface area contributed by atoms with Crippen LogP contribution in [0.15, 0.2) is 24.3 Å². The topological polar surface area (TPSA) is 46.2 Å². The van der Waals surface area contributed by atoms with Crippen LogP contribution >= 0.6 is 0 Å². The molecule has 76 valence electrons. The van der Waals surface area contributed by atoms with Crippen molar-refractivity contribution in [1.82, 2.24) is 0 Å². The van der Waals surface area contributed by atoms with Gasteiger partial charge in [0.1, 0.15) is 5.75 Å². The number of phenols is 1. The van der Waals surface area contributed by atoms with Gasteiger partial charge in [-0.15, -0.1) is 0 Å². The molecule has 1 aromatic carbocycles. The van der Waals surface area contributed by atoms with Gasteiger partial charge in [0.05, 0.1) is 0 Å². The first-order valence-electron chi connectivity index (χ1n) is 5.32. The van der Waals surface area contributed by atoms with Gasteiger partial charge in [-0.1, -0.05) is 25.0 Å². The summed E-state index contributed by atoms with van der Waals surface area (Å²) >= 11 is 0. The van der Waals surface area contributed by atoms with Crippen LogP contribution in [-0.2, 0) is 0 Å². The smallest absolute Gasteiger partial charge is 0.115 e. The van der Waals surface area contributed by atoms with E-state index in [0.717, 1.165) is 5.56 Å². The molecule has 0 aliphatic heterocycles. The second-order valence-electron chi connectivity index (χ2n) is 4.16. The maximum atomic E-state index is 9.16. The first-order valence-corrected chi connectivity index (χ1v) is 5.32. The van der Waals surface area contributed by atoms with Crippen LogP contribution in [0.3, 0.4) is 0 Å². The summed E-state index contributed by atoms with van der Waals surface area (Å²) < 4.78 is 0. The highest BCUT2D eigenvalue weighted by molar-refractivity contribution is 5.28.